The third-order valence-corrected chi connectivity index (χ3v) is 5.52. The molecule has 0 fully saturated rings. The molecule has 1 N–H and O–H groups in total. The highest BCUT2D eigenvalue weighted by atomic mass is 35.5. The predicted molar refractivity (Wildman–Crippen MR) is 121 cm³/mol. The molecule has 0 aliphatic heterocycles. The lowest BCUT2D eigenvalue weighted by Crippen LogP contribution is -2.49. The number of hydrogen-bond acceptors (Lipinski definition) is 3. The van der Waals surface area contributed by atoms with Crippen LogP contribution in [0.5, 0.6) is 5.75 Å². The molecule has 2 rings (SSSR count). The number of nitrogens with zero attached hydrogens (tertiary/aromatic N) is 1. The average molecular weight is 472 g/mol. The predicted octanol–water partition coefficient (Wildman–Crippen LogP) is 5.36. The summed E-state index contributed by atoms with van der Waals surface area (Å²) in [6.07, 6.45) is 1.82. The standard InChI is InChI=1S/C22H25Cl3N2O3/c1-3-4-12-26-22(29)15(2)27(13-18-19(24)6-5-7-20(18)25)21(28)14-30-17-10-8-16(23)9-11-17/h5-11,15H,3-4,12-14H2,1-2H3,(H,26,29)/t15-/m1/s1. The number of rotatable bonds is 10. The molecule has 0 heterocycles. The first-order valence-electron chi connectivity index (χ1n) is 9.72. The van der Waals surface area contributed by atoms with Crippen molar-refractivity contribution in [1.82, 2.24) is 10.2 Å². The van der Waals surface area contributed by atoms with E-state index in [1.54, 1.807) is 49.4 Å². The summed E-state index contributed by atoms with van der Waals surface area (Å²) in [5, 5.41) is 4.29. The first-order valence-corrected chi connectivity index (χ1v) is 10.8. The molecule has 0 spiro atoms. The van der Waals surface area contributed by atoms with Crippen LogP contribution in [0.4, 0.5) is 0 Å². The van der Waals surface area contributed by atoms with E-state index in [1.165, 1.54) is 4.90 Å². The minimum atomic E-state index is -0.726. The Hall–Kier alpha value is -1.95. The van der Waals surface area contributed by atoms with Gasteiger partial charge in [0.25, 0.3) is 5.91 Å². The van der Waals surface area contributed by atoms with Crippen LogP contribution in [-0.4, -0.2) is 35.9 Å². The van der Waals surface area contributed by atoms with Crippen LogP contribution in [-0.2, 0) is 16.1 Å². The summed E-state index contributed by atoms with van der Waals surface area (Å²) in [4.78, 5) is 27.0. The van der Waals surface area contributed by atoms with Gasteiger partial charge in [-0.25, -0.2) is 0 Å². The van der Waals surface area contributed by atoms with E-state index in [9.17, 15) is 9.59 Å². The molecule has 2 aromatic carbocycles. The molecule has 0 aliphatic rings. The van der Waals surface area contributed by atoms with Crippen LogP contribution >= 0.6 is 34.8 Å². The Morgan fingerprint density at radius 2 is 1.70 bits per heavy atom. The highest BCUT2D eigenvalue weighted by Crippen LogP contribution is 2.26. The zero-order valence-corrected chi connectivity index (χ0v) is 19.2. The van der Waals surface area contributed by atoms with Crippen LogP contribution < -0.4 is 10.1 Å². The lowest BCUT2D eigenvalue weighted by atomic mass is 10.1. The van der Waals surface area contributed by atoms with E-state index in [0.29, 0.717) is 32.9 Å². The number of carbonyl (C=O) groups excluding carboxylic acids is 2. The number of benzene rings is 2. The normalized spacial score (nSPS) is 11.6. The molecule has 1 atom stereocenters. The number of unbranched alkanes of at least 4 members (excludes halogenated alkanes) is 1. The van der Waals surface area contributed by atoms with Crippen molar-refractivity contribution >= 4 is 46.6 Å². The van der Waals surface area contributed by atoms with E-state index in [0.717, 1.165) is 12.8 Å². The Morgan fingerprint density at radius 3 is 2.30 bits per heavy atom. The number of ether oxygens (including phenoxy) is 1. The minimum Gasteiger partial charge on any atom is -0.484 e. The zero-order chi connectivity index (χ0) is 22.1. The van der Waals surface area contributed by atoms with Gasteiger partial charge in [0.05, 0.1) is 0 Å². The zero-order valence-electron chi connectivity index (χ0n) is 17.0. The van der Waals surface area contributed by atoms with E-state index >= 15 is 0 Å². The fraction of sp³-hybridized carbons (Fsp3) is 0.364. The van der Waals surface area contributed by atoms with Crippen molar-refractivity contribution in [1.29, 1.82) is 0 Å². The Kier molecular flexibility index (Phi) is 9.76. The number of carbonyl (C=O) groups is 2. The van der Waals surface area contributed by atoms with E-state index in [2.05, 4.69) is 5.32 Å². The third-order valence-electron chi connectivity index (χ3n) is 4.56. The number of amides is 2. The SMILES string of the molecule is CCCCNC(=O)[C@@H](C)N(Cc1c(Cl)cccc1Cl)C(=O)COc1ccc(Cl)cc1. The van der Waals surface area contributed by atoms with Crippen LogP contribution in [0.2, 0.25) is 15.1 Å². The topological polar surface area (TPSA) is 58.6 Å². The molecule has 0 saturated heterocycles. The van der Waals surface area contributed by atoms with Crippen LogP contribution in [0, 0.1) is 0 Å². The van der Waals surface area contributed by atoms with Crippen molar-refractivity contribution in [3.8, 4) is 5.75 Å². The second-order valence-electron chi connectivity index (χ2n) is 6.79. The first-order chi connectivity index (χ1) is 14.3. The van der Waals surface area contributed by atoms with E-state index in [4.69, 9.17) is 39.5 Å². The quantitative estimate of drug-likeness (QED) is 0.475. The van der Waals surface area contributed by atoms with Gasteiger partial charge in [0, 0.05) is 33.7 Å². The Morgan fingerprint density at radius 1 is 1.07 bits per heavy atom. The van der Waals surface area contributed by atoms with Gasteiger partial charge in [0.2, 0.25) is 5.91 Å². The molecular formula is C22H25Cl3N2O3. The molecular weight excluding hydrogens is 447 g/mol. The molecule has 2 amide bonds. The number of nitrogens with one attached hydrogen (secondary N) is 1. The second-order valence-corrected chi connectivity index (χ2v) is 8.04. The number of halogens is 3. The minimum absolute atomic E-state index is 0.0870. The third kappa shape index (κ3) is 7.08. The largest absolute Gasteiger partial charge is 0.484 e. The van der Waals surface area contributed by atoms with Gasteiger partial charge >= 0.3 is 0 Å². The fourth-order valence-electron chi connectivity index (χ4n) is 2.73. The summed E-state index contributed by atoms with van der Waals surface area (Å²) >= 11 is 18.4. The maximum atomic E-state index is 13.0. The lowest BCUT2D eigenvalue weighted by molar-refractivity contribution is -0.142. The molecule has 5 nitrogen and oxygen atoms in total. The van der Waals surface area contributed by atoms with Crippen molar-refractivity contribution in [2.75, 3.05) is 13.2 Å². The molecule has 0 unspecified atom stereocenters. The molecule has 0 aliphatic carbocycles. The smallest absolute Gasteiger partial charge is 0.261 e. The first kappa shape index (κ1) is 24.3. The van der Waals surface area contributed by atoms with Crippen LogP contribution in [0.3, 0.4) is 0 Å². The van der Waals surface area contributed by atoms with Crippen molar-refractivity contribution in [2.45, 2.75) is 39.3 Å². The molecule has 0 aromatic heterocycles. The Labute approximate surface area is 192 Å². The van der Waals surface area contributed by atoms with Gasteiger partial charge in [0.15, 0.2) is 6.61 Å². The molecule has 30 heavy (non-hydrogen) atoms. The molecule has 0 saturated carbocycles. The van der Waals surface area contributed by atoms with Gasteiger partial charge in [0.1, 0.15) is 11.8 Å². The van der Waals surface area contributed by atoms with Gasteiger partial charge in [-0.15, -0.1) is 0 Å². The summed E-state index contributed by atoms with van der Waals surface area (Å²) in [7, 11) is 0. The van der Waals surface area contributed by atoms with Crippen molar-refractivity contribution in [3.05, 3.63) is 63.1 Å². The summed E-state index contributed by atoms with van der Waals surface area (Å²) in [5.41, 5.74) is 0.578. The van der Waals surface area contributed by atoms with Crippen molar-refractivity contribution < 1.29 is 14.3 Å². The van der Waals surface area contributed by atoms with Crippen molar-refractivity contribution in [3.63, 3.8) is 0 Å². The molecule has 162 valence electrons. The van der Waals surface area contributed by atoms with E-state index in [-0.39, 0.29) is 25.0 Å². The maximum Gasteiger partial charge on any atom is 0.261 e. The lowest BCUT2D eigenvalue weighted by Gasteiger charge is -2.29. The molecule has 8 heteroatoms. The highest BCUT2D eigenvalue weighted by molar-refractivity contribution is 6.36. The average Bonchev–Trinajstić information content (AvgIpc) is 2.72. The maximum absolute atomic E-state index is 13.0. The van der Waals surface area contributed by atoms with Gasteiger partial charge in [-0.1, -0.05) is 54.2 Å². The Bertz CT molecular complexity index is 839. The molecule has 0 bridgehead atoms. The number of hydrogen-bond donors (Lipinski definition) is 1. The Balaban J connectivity index is 2.17. The van der Waals surface area contributed by atoms with Gasteiger partial charge in [-0.05, 0) is 49.7 Å². The summed E-state index contributed by atoms with van der Waals surface area (Å²) in [6, 6.07) is 11.1. The van der Waals surface area contributed by atoms with Gasteiger partial charge < -0.3 is 15.0 Å². The van der Waals surface area contributed by atoms with Crippen LogP contribution in [0.15, 0.2) is 42.5 Å². The fourth-order valence-corrected chi connectivity index (χ4v) is 3.37. The summed E-state index contributed by atoms with van der Waals surface area (Å²) < 4.78 is 5.58. The monoisotopic (exact) mass is 470 g/mol. The van der Waals surface area contributed by atoms with Gasteiger partial charge in [-0.3, -0.25) is 9.59 Å². The van der Waals surface area contributed by atoms with E-state index < -0.39 is 6.04 Å². The van der Waals surface area contributed by atoms with Crippen LogP contribution in [0.1, 0.15) is 32.3 Å². The summed E-state index contributed by atoms with van der Waals surface area (Å²) in [6.45, 7) is 4.11. The van der Waals surface area contributed by atoms with Gasteiger partial charge in [-0.2, -0.15) is 0 Å². The highest BCUT2D eigenvalue weighted by Gasteiger charge is 2.27. The molecule has 0 radical (unpaired) electrons. The summed E-state index contributed by atoms with van der Waals surface area (Å²) in [5.74, 6) is -0.103. The second kappa shape index (κ2) is 12.0. The van der Waals surface area contributed by atoms with Crippen molar-refractivity contribution in [2.24, 2.45) is 0 Å². The van der Waals surface area contributed by atoms with E-state index in [1.807, 2.05) is 6.92 Å². The molecule has 2 aromatic rings. The van der Waals surface area contributed by atoms with Crippen LogP contribution in [0.25, 0.3) is 0 Å².